The van der Waals surface area contributed by atoms with Crippen molar-refractivity contribution >= 4 is 39.1 Å². The molecule has 0 aliphatic carbocycles. The minimum absolute atomic E-state index is 0.0456. The van der Waals surface area contributed by atoms with E-state index in [1.807, 2.05) is 6.92 Å². The Hall–Kier alpha value is -2.78. The predicted molar refractivity (Wildman–Crippen MR) is 135 cm³/mol. The molecule has 34 heavy (non-hydrogen) atoms. The highest BCUT2D eigenvalue weighted by Gasteiger charge is 2.31. The van der Waals surface area contributed by atoms with Crippen LogP contribution < -0.4 is 14.4 Å². The summed E-state index contributed by atoms with van der Waals surface area (Å²) >= 11 is 6.31. The number of amides is 2. The minimum Gasteiger partial charge on any atom is -0.492 e. The number of carbonyl (C=O) groups excluding carboxylic acids is 2. The Morgan fingerprint density at radius 1 is 1.09 bits per heavy atom. The Balaban J connectivity index is 2.43. The van der Waals surface area contributed by atoms with Crippen LogP contribution in [-0.2, 0) is 26.2 Å². The Bertz CT molecular complexity index is 1090. The summed E-state index contributed by atoms with van der Waals surface area (Å²) in [5, 5.41) is 3.24. The summed E-state index contributed by atoms with van der Waals surface area (Å²) in [5.74, 6) is -0.534. The first-order valence-electron chi connectivity index (χ1n) is 11.1. The fourth-order valence-electron chi connectivity index (χ4n) is 3.32. The molecule has 0 aliphatic rings. The number of rotatable bonds is 12. The summed E-state index contributed by atoms with van der Waals surface area (Å²) in [5.41, 5.74) is 0.897. The summed E-state index contributed by atoms with van der Waals surface area (Å²) in [6, 6.07) is 12.8. The number of nitrogens with one attached hydrogen (secondary N) is 1. The lowest BCUT2D eigenvalue weighted by Gasteiger charge is -2.32. The summed E-state index contributed by atoms with van der Waals surface area (Å²) in [6.07, 6.45) is 1.77. The lowest BCUT2D eigenvalue weighted by Crippen LogP contribution is -2.51. The molecule has 0 unspecified atom stereocenters. The Morgan fingerprint density at radius 2 is 1.74 bits per heavy atom. The number of carbonyl (C=O) groups is 2. The molecule has 186 valence electrons. The zero-order valence-corrected chi connectivity index (χ0v) is 21.5. The topological polar surface area (TPSA) is 96.0 Å². The maximum atomic E-state index is 13.5. The van der Waals surface area contributed by atoms with Crippen molar-refractivity contribution in [2.45, 2.75) is 39.8 Å². The molecule has 1 atom stereocenters. The van der Waals surface area contributed by atoms with Gasteiger partial charge in [-0.1, -0.05) is 48.9 Å². The van der Waals surface area contributed by atoms with E-state index in [1.54, 1.807) is 62.4 Å². The van der Waals surface area contributed by atoms with Crippen LogP contribution in [0.2, 0.25) is 5.02 Å². The third-order valence-electron chi connectivity index (χ3n) is 5.13. The van der Waals surface area contributed by atoms with Crippen LogP contribution in [0.25, 0.3) is 0 Å². The predicted octanol–water partition coefficient (Wildman–Crippen LogP) is 3.45. The third kappa shape index (κ3) is 7.36. The number of hydrogen-bond donors (Lipinski definition) is 1. The first-order valence-corrected chi connectivity index (χ1v) is 13.3. The summed E-state index contributed by atoms with van der Waals surface area (Å²) < 4.78 is 32.0. The van der Waals surface area contributed by atoms with Gasteiger partial charge in [0, 0.05) is 18.1 Å². The lowest BCUT2D eigenvalue weighted by atomic mass is 10.1. The average molecular weight is 510 g/mol. The molecule has 0 aliphatic heterocycles. The lowest BCUT2D eigenvalue weighted by molar-refractivity contribution is -0.139. The number of halogens is 1. The molecule has 8 nitrogen and oxygen atoms in total. The molecule has 2 aromatic rings. The molecule has 2 amide bonds. The number of nitrogens with zero attached hydrogens (tertiary/aromatic N) is 2. The van der Waals surface area contributed by atoms with Crippen LogP contribution in [0.5, 0.6) is 5.75 Å². The molecule has 0 radical (unpaired) electrons. The molecule has 0 saturated carbocycles. The van der Waals surface area contributed by atoms with Crippen LogP contribution in [0.1, 0.15) is 32.8 Å². The van der Waals surface area contributed by atoms with E-state index in [-0.39, 0.29) is 18.1 Å². The quantitative estimate of drug-likeness (QED) is 0.472. The molecule has 0 heterocycles. The van der Waals surface area contributed by atoms with Crippen LogP contribution in [0, 0.1) is 0 Å². The number of ether oxygens (including phenoxy) is 1. The second kappa shape index (κ2) is 12.6. The molecular weight excluding hydrogens is 478 g/mol. The molecule has 10 heteroatoms. The Kier molecular flexibility index (Phi) is 10.2. The minimum atomic E-state index is -3.85. The highest BCUT2D eigenvalue weighted by atomic mass is 35.5. The van der Waals surface area contributed by atoms with Gasteiger partial charge in [0.1, 0.15) is 18.3 Å². The van der Waals surface area contributed by atoms with E-state index in [0.29, 0.717) is 29.5 Å². The first kappa shape index (κ1) is 27.5. The van der Waals surface area contributed by atoms with Crippen molar-refractivity contribution < 1.29 is 22.7 Å². The van der Waals surface area contributed by atoms with Gasteiger partial charge in [-0.3, -0.25) is 13.9 Å². The largest absolute Gasteiger partial charge is 0.492 e. The highest BCUT2D eigenvalue weighted by Crippen LogP contribution is 2.30. The zero-order valence-electron chi connectivity index (χ0n) is 20.0. The molecular formula is C24H32ClN3O5S. The van der Waals surface area contributed by atoms with E-state index < -0.39 is 28.5 Å². The van der Waals surface area contributed by atoms with Crippen LogP contribution >= 0.6 is 11.6 Å². The average Bonchev–Trinajstić information content (AvgIpc) is 2.80. The fourth-order valence-corrected chi connectivity index (χ4v) is 4.37. The van der Waals surface area contributed by atoms with Gasteiger partial charge in [0.15, 0.2) is 0 Å². The van der Waals surface area contributed by atoms with Crippen LogP contribution in [0.3, 0.4) is 0 Å². The Morgan fingerprint density at radius 3 is 2.35 bits per heavy atom. The van der Waals surface area contributed by atoms with Crippen molar-refractivity contribution in [3.05, 3.63) is 59.1 Å². The number of anilines is 1. The second-order valence-electron chi connectivity index (χ2n) is 7.75. The maximum Gasteiger partial charge on any atom is 0.244 e. The van der Waals surface area contributed by atoms with Crippen molar-refractivity contribution in [3.8, 4) is 5.75 Å². The first-order chi connectivity index (χ1) is 16.1. The molecule has 0 fully saturated rings. The van der Waals surface area contributed by atoms with Gasteiger partial charge in [-0.2, -0.15) is 0 Å². The van der Waals surface area contributed by atoms with E-state index >= 15 is 0 Å². The van der Waals surface area contributed by atoms with Gasteiger partial charge in [-0.25, -0.2) is 8.42 Å². The smallest absolute Gasteiger partial charge is 0.244 e. The second-order valence-corrected chi connectivity index (χ2v) is 10.1. The highest BCUT2D eigenvalue weighted by molar-refractivity contribution is 7.92. The van der Waals surface area contributed by atoms with Crippen LogP contribution in [0.4, 0.5) is 5.69 Å². The molecule has 0 aromatic heterocycles. The Labute approximate surface area is 206 Å². The zero-order chi connectivity index (χ0) is 25.3. The van der Waals surface area contributed by atoms with Gasteiger partial charge >= 0.3 is 0 Å². The SMILES string of the molecule is CCCNC(=O)[C@H](C)N(Cc1ccccc1Cl)C(=O)CN(c1ccccc1OCC)S(C)(=O)=O. The molecule has 2 rings (SSSR count). The summed E-state index contributed by atoms with van der Waals surface area (Å²) in [4.78, 5) is 27.6. The van der Waals surface area contributed by atoms with Gasteiger partial charge in [-0.15, -0.1) is 0 Å². The van der Waals surface area contributed by atoms with Crippen molar-refractivity contribution in [2.75, 3.05) is 30.3 Å². The number of sulfonamides is 1. The fraction of sp³-hybridized carbons (Fsp3) is 0.417. The van der Waals surface area contributed by atoms with E-state index in [0.717, 1.165) is 17.0 Å². The van der Waals surface area contributed by atoms with Gasteiger partial charge in [0.2, 0.25) is 21.8 Å². The van der Waals surface area contributed by atoms with E-state index in [9.17, 15) is 18.0 Å². The van der Waals surface area contributed by atoms with E-state index in [1.165, 1.54) is 4.90 Å². The van der Waals surface area contributed by atoms with Crippen molar-refractivity contribution in [3.63, 3.8) is 0 Å². The van der Waals surface area contributed by atoms with Gasteiger partial charge in [-0.05, 0) is 44.0 Å². The van der Waals surface area contributed by atoms with Crippen LogP contribution in [0.15, 0.2) is 48.5 Å². The van der Waals surface area contributed by atoms with Crippen molar-refractivity contribution in [2.24, 2.45) is 0 Å². The summed E-state index contributed by atoms with van der Waals surface area (Å²) in [6.45, 7) is 5.66. The number of benzene rings is 2. The van der Waals surface area contributed by atoms with Gasteiger partial charge in [0.05, 0.1) is 18.6 Å². The normalized spacial score (nSPS) is 12.0. The van der Waals surface area contributed by atoms with Crippen molar-refractivity contribution in [1.29, 1.82) is 0 Å². The van der Waals surface area contributed by atoms with Gasteiger partial charge in [0.25, 0.3) is 0 Å². The number of para-hydroxylation sites is 2. The van der Waals surface area contributed by atoms with E-state index in [2.05, 4.69) is 5.32 Å². The van der Waals surface area contributed by atoms with E-state index in [4.69, 9.17) is 16.3 Å². The standard InChI is InChI=1S/C24H32ClN3O5S/c1-5-15-26-24(30)18(3)27(16-19-11-7-8-12-20(19)25)23(29)17-28(34(4,31)32)21-13-9-10-14-22(21)33-6-2/h7-14,18H,5-6,15-17H2,1-4H3,(H,26,30)/t18-/m0/s1. The van der Waals surface area contributed by atoms with Gasteiger partial charge < -0.3 is 15.0 Å². The molecule has 0 bridgehead atoms. The number of hydrogen-bond acceptors (Lipinski definition) is 5. The maximum absolute atomic E-state index is 13.5. The van der Waals surface area contributed by atoms with Crippen LogP contribution in [-0.4, -0.2) is 57.1 Å². The summed E-state index contributed by atoms with van der Waals surface area (Å²) in [7, 11) is -3.85. The monoisotopic (exact) mass is 509 g/mol. The molecule has 1 N–H and O–H groups in total. The molecule has 0 saturated heterocycles. The third-order valence-corrected chi connectivity index (χ3v) is 6.62. The van der Waals surface area contributed by atoms with Crippen molar-refractivity contribution in [1.82, 2.24) is 10.2 Å². The molecule has 0 spiro atoms. The molecule has 2 aromatic carbocycles.